The first-order valence-corrected chi connectivity index (χ1v) is 0. The Hall–Kier alpha value is 1.15. The Labute approximate surface area is 56.2 Å². The van der Waals surface area contributed by atoms with E-state index in [1.807, 2.05) is 0 Å². The molecule has 0 spiro atoms. The summed E-state index contributed by atoms with van der Waals surface area (Å²) in [6.45, 7) is 0. The van der Waals surface area contributed by atoms with Gasteiger partial charge in [0.1, 0.15) is 0 Å². The minimum Gasteiger partial charge on any atom is -2.00 e. The van der Waals surface area contributed by atoms with Crippen LogP contribution in [0.5, 0.6) is 0 Å². The Morgan fingerprint density at radius 2 is 0.600 bits per heavy atom. The van der Waals surface area contributed by atoms with Crippen LogP contribution in [0.3, 0.4) is 0 Å². The van der Waals surface area contributed by atoms with Crippen LogP contribution in [-0.4, -0.2) is 0 Å². The van der Waals surface area contributed by atoms with Crippen LogP contribution in [0.1, 0.15) is 0 Å². The summed E-state index contributed by atoms with van der Waals surface area (Å²) >= 11 is 0. The number of rotatable bonds is 0. The molecule has 3 nitrogen and oxygen atoms in total. The second-order valence-corrected chi connectivity index (χ2v) is 0. The number of hydrogen-bond acceptors (Lipinski definition) is 0. The largest absolute Gasteiger partial charge is 2.00 e. The van der Waals surface area contributed by atoms with Gasteiger partial charge in [0.15, 0.2) is 0 Å². The number of hydrogen-bond donors (Lipinski definition) is 0. The SMILES string of the molecule is [O-2].[O-2].[O-2].[V].[W]. The molecule has 5 heavy (non-hydrogen) atoms. The predicted molar refractivity (Wildman–Crippen MR) is 2.06 cm³/mol. The minimum atomic E-state index is 0. The molecular weight excluding hydrogens is 283 g/mol. The maximum atomic E-state index is 0. The van der Waals surface area contributed by atoms with E-state index in [4.69, 9.17) is 0 Å². The summed E-state index contributed by atoms with van der Waals surface area (Å²) in [5, 5.41) is 0. The molecule has 0 fully saturated rings. The van der Waals surface area contributed by atoms with Crippen molar-refractivity contribution in [3.8, 4) is 0 Å². The Balaban J connectivity index is 0. The Kier molecular flexibility index (Phi) is 1640. The summed E-state index contributed by atoms with van der Waals surface area (Å²) < 4.78 is 0. The molecule has 0 aliphatic carbocycles. The molecule has 0 aromatic carbocycles. The van der Waals surface area contributed by atoms with Crippen molar-refractivity contribution in [1.82, 2.24) is 0 Å². The van der Waals surface area contributed by atoms with Crippen LogP contribution in [0, 0.1) is 0 Å². The first-order valence-electron chi connectivity index (χ1n) is 0. The third kappa shape index (κ3) is 38.5. The average Bonchev–Trinajstić information content (AvgIpc) is 0. The molecule has 0 unspecified atom stereocenters. The normalized spacial score (nSPS) is 0. The standard InChI is InChI=1S/3O.V.W/q3*-2;;. The summed E-state index contributed by atoms with van der Waals surface area (Å²) in [5.74, 6) is 0. The van der Waals surface area contributed by atoms with Crippen LogP contribution in [0.15, 0.2) is 0 Å². The van der Waals surface area contributed by atoms with Gasteiger partial charge in [0, 0.05) is 39.6 Å². The van der Waals surface area contributed by atoms with Gasteiger partial charge in [0.2, 0.25) is 0 Å². The smallest absolute Gasteiger partial charge is 0 e. The van der Waals surface area contributed by atoms with Crippen LogP contribution < -0.4 is 0 Å². The van der Waals surface area contributed by atoms with Gasteiger partial charge in [0.25, 0.3) is 0 Å². The summed E-state index contributed by atoms with van der Waals surface area (Å²) in [6.07, 6.45) is 0. The summed E-state index contributed by atoms with van der Waals surface area (Å²) in [6, 6.07) is 0. The summed E-state index contributed by atoms with van der Waals surface area (Å²) in [4.78, 5) is 0. The topological polar surface area (TPSA) is 85.5 Å². The molecule has 5 heteroatoms. The second kappa shape index (κ2) is 66.9. The third-order valence-electron chi connectivity index (χ3n) is 0. The Morgan fingerprint density at radius 3 is 0.600 bits per heavy atom. The zero-order valence-electron chi connectivity index (χ0n) is 2.08. The molecule has 0 bridgehead atoms. The quantitative estimate of drug-likeness (QED) is 0.581. The molecule has 0 N–H and O–H groups in total. The minimum absolute atomic E-state index is 0. The summed E-state index contributed by atoms with van der Waals surface area (Å²) in [7, 11) is 0. The maximum absolute atomic E-state index is 0. The predicted octanol–water partition coefficient (Wildman–Crippen LogP) is -0.361. The van der Waals surface area contributed by atoms with Gasteiger partial charge >= 0.3 is 0 Å². The first-order chi connectivity index (χ1) is 0. The van der Waals surface area contributed by atoms with Crippen molar-refractivity contribution in [2.24, 2.45) is 0 Å². The molecule has 35 valence electrons. The van der Waals surface area contributed by atoms with Gasteiger partial charge in [-0.2, -0.15) is 0 Å². The van der Waals surface area contributed by atoms with Gasteiger partial charge in [-0.3, -0.25) is 0 Å². The monoisotopic (exact) mass is 283 g/mol. The van der Waals surface area contributed by atoms with Crippen molar-refractivity contribution in [2.75, 3.05) is 0 Å². The molecule has 0 saturated carbocycles. The van der Waals surface area contributed by atoms with Crippen molar-refractivity contribution in [2.45, 2.75) is 0 Å². The van der Waals surface area contributed by atoms with E-state index in [0.717, 1.165) is 0 Å². The van der Waals surface area contributed by atoms with Crippen LogP contribution in [0.4, 0.5) is 0 Å². The van der Waals surface area contributed by atoms with Crippen molar-refractivity contribution < 1.29 is 56.0 Å². The Bertz CT molecular complexity index is 6.85. The van der Waals surface area contributed by atoms with E-state index in [-0.39, 0.29) is 56.0 Å². The van der Waals surface area contributed by atoms with Gasteiger partial charge in [-0.15, -0.1) is 0 Å². The molecule has 0 rings (SSSR count). The van der Waals surface area contributed by atoms with Crippen molar-refractivity contribution in [3.05, 3.63) is 0 Å². The van der Waals surface area contributed by atoms with Crippen molar-refractivity contribution >= 4 is 0 Å². The van der Waals surface area contributed by atoms with Crippen molar-refractivity contribution in [1.29, 1.82) is 0 Å². The molecule has 1 radical (unpaired) electrons. The van der Waals surface area contributed by atoms with E-state index in [1.165, 1.54) is 0 Å². The van der Waals surface area contributed by atoms with E-state index in [1.54, 1.807) is 0 Å². The molecule has 0 aliphatic rings. The fourth-order valence-corrected chi connectivity index (χ4v) is 0. The fraction of sp³-hybridized carbons (Fsp3) is 0. The second-order valence-electron chi connectivity index (χ2n) is 0. The zero-order valence-corrected chi connectivity index (χ0v) is 6.41. The molecule has 0 saturated heterocycles. The van der Waals surface area contributed by atoms with Gasteiger partial charge in [-0.1, -0.05) is 0 Å². The van der Waals surface area contributed by atoms with Gasteiger partial charge in [0.05, 0.1) is 0 Å². The zero-order chi connectivity index (χ0) is 0. The van der Waals surface area contributed by atoms with E-state index in [0.29, 0.717) is 0 Å². The van der Waals surface area contributed by atoms with Crippen LogP contribution in [-0.2, 0) is 56.0 Å². The summed E-state index contributed by atoms with van der Waals surface area (Å²) in [5.41, 5.74) is 0. The molecule has 0 heterocycles. The first kappa shape index (κ1) is 123. The van der Waals surface area contributed by atoms with E-state index in [9.17, 15) is 0 Å². The molecular formula is O3VW-6. The van der Waals surface area contributed by atoms with Crippen LogP contribution in [0.25, 0.3) is 0 Å². The molecule has 0 atom stereocenters. The van der Waals surface area contributed by atoms with Crippen LogP contribution >= 0.6 is 0 Å². The average molecular weight is 283 g/mol. The Morgan fingerprint density at radius 1 is 0.600 bits per heavy atom. The molecule has 0 aromatic rings. The van der Waals surface area contributed by atoms with E-state index < -0.39 is 0 Å². The molecule has 0 amide bonds. The molecule has 0 aromatic heterocycles. The molecule has 0 aliphatic heterocycles. The van der Waals surface area contributed by atoms with Crippen LogP contribution in [0.2, 0.25) is 0 Å². The van der Waals surface area contributed by atoms with Gasteiger partial charge in [-0.25, -0.2) is 0 Å². The van der Waals surface area contributed by atoms with Gasteiger partial charge < -0.3 is 16.4 Å². The van der Waals surface area contributed by atoms with Crippen molar-refractivity contribution in [3.63, 3.8) is 0 Å². The fourth-order valence-electron chi connectivity index (χ4n) is 0. The maximum Gasteiger partial charge on any atom is 0 e. The third-order valence-corrected chi connectivity index (χ3v) is 0. The van der Waals surface area contributed by atoms with E-state index >= 15 is 0 Å². The van der Waals surface area contributed by atoms with Gasteiger partial charge in [-0.05, 0) is 0 Å². The van der Waals surface area contributed by atoms with E-state index in [2.05, 4.69) is 0 Å².